The van der Waals surface area contributed by atoms with Crippen LogP contribution >= 0.6 is 11.6 Å². The summed E-state index contributed by atoms with van der Waals surface area (Å²) in [5.74, 6) is -0.764. The molecule has 1 aliphatic rings. The Morgan fingerprint density at radius 2 is 1.56 bits per heavy atom. The van der Waals surface area contributed by atoms with Gasteiger partial charge < -0.3 is 10.2 Å². The minimum absolute atomic E-state index is 0.0611. The van der Waals surface area contributed by atoms with Crippen LogP contribution in [0, 0.1) is 6.92 Å². The average Bonchev–Trinajstić information content (AvgIpc) is 3.48. The fraction of sp³-hybridized carbons (Fsp3) is 0.375. The quantitative estimate of drug-likeness (QED) is 0.300. The van der Waals surface area contributed by atoms with Crippen molar-refractivity contribution >= 4 is 39.1 Å². The Morgan fingerprint density at radius 1 is 0.951 bits per heavy atom. The SMILES string of the molecule is CCc1ccccc1N(CC(=O)N(Cc1ccccc1Cl)[C@@H](C)C(=O)NC1CCCC1)S(=O)(=O)c1ccc(C)cc1. The highest BCUT2D eigenvalue weighted by Crippen LogP contribution is 2.29. The molecule has 1 N–H and O–H groups in total. The van der Waals surface area contributed by atoms with Crippen LogP contribution in [0.5, 0.6) is 0 Å². The van der Waals surface area contributed by atoms with E-state index in [9.17, 15) is 18.0 Å². The number of halogens is 1. The Labute approximate surface area is 248 Å². The molecule has 3 aromatic rings. The molecule has 9 heteroatoms. The maximum Gasteiger partial charge on any atom is 0.264 e. The number of rotatable bonds is 11. The van der Waals surface area contributed by atoms with E-state index in [1.807, 2.05) is 32.0 Å². The minimum atomic E-state index is -4.12. The highest BCUT2D eigenvalue weighted by atomic mass is 35.5. The van der Waals surface area contributed by atoms with E-state index in [0.29, 0.717) is 22.7 Å². The molecule has 0 aliphatic heterocycles. The van der Waals surface area contributed by atoms with Crippen molar-refractivity contribution in [2.45, 2.75) is 76.4 Å². The second-order valence-corrected chi connectivity index (χ2v) is 12.9. The first-order chi connectivity index (χ1) is 19.6. The minimum Gasteiger partial charge on any atom is -0.352 e. The second-order valence-electron chi connectivity index (χ2n) is 10.6. The van der Waals surface area contributed by atoms with Crippen LogP contribution in [0.2, 0.25) is 5.02 Å². The van der Waals surface area contributed by atoms with Crippen LogP contribution in [-0.4, -0.2) is 43.8 Å². The molecule has 3 aromatic carbocycles. The van der Waals surface area contributed by atoms with Crippen molar-refractivity contribution in [2.24, 2.45) is 0 Å². The van der Waals surface area contributed by atoms with E-state index in [4.69, 9.17) is 11.6 Å². The standard InChI is InChI=1S/C32H38ClN3O4S/c1-4-25-11-6-10-16-30(25)36(41(39,40)28-19-17-23(2)18-20-28)22-31(37)35(21-26-12-5-9-15-29(26)33)24(3)32(38)34-27-13-7-8-14-27/h5-6,9-12,15-20,24,27H,4,7-8,13-14,21-22H2,1-3H3,(H,34,38)/t24-/m0/s1. The van der Waals surface area contributed by atoms with Gasteiger partial charge in [-0.2, -0.15) is 0 Å². The van der Waals surface area contributed by atoms with E-state index in [1.165, 1.54) is 9.21 Å². The lowest BCUT2D eigenvalue weighted by molar-refractivity contribution is -0.139. The van der Waals surface area contributed by atoms with Gasteiger partial charge in [-0.1, -0.05) is 85.5 Å². The summed E-state index contributed by atoms with van der Waals surface area (Å²) in [5.41, 5.74) is 2.82. The zero-order valence-corrected chi connectivity index (χ0v) is 25.4. The Hall–Kier alpha value is -3.36. The van der Waals surface area contributed by atoms with Gasteiger partial charge in [0.25, 0.3) is 10.0 Å². The molecule has 1 aliphatic carbocycles. The number of carbonyl (C=O) groups is 2. The molecule has 1 atom stereocenters. The summed E-state index contributed by atoms with van der Waals surface area (Å²) in [5, 5.41) is 3.55. The van der Waals surface area contributed by atoms with E-state index < -0.39 is 28.5 Å². The molecule has 1 fully saturated rings. The van der Waals surface area contributed by atoms with Gasteiger partial charge in [-0.05, 0) is 68.5 Å². The number of nitrogens with one attached hydrogen (secondary N) is 1. The zero-order valence-electron chi connectivity index (χ0n) is 23.8. The molecule has 0 saturated heterocycles. The average molecular weight is 596 g/mol. The number of benzene rings is 3. The third-order valence-corrected chi connectivity index (χ3v) is 9.84. The molecule has 41 heavy (non-hydrogen) atoms. The van der Waals surface area contributed by atoms with Crippen molar-refractivity contribution in [3.63, 3.8) is 0 Å². The molecule has 4 rings (SSSR count). The monoisotopic (exact) mass is 595 g/mol. The fourth-order valence-corrected chi connectivity index (χ4v) is 6.84. The van der Waals surface area contributed by atoms with E-state index >= 15 is 0 Å². The first-order valence-electron chi connectivity index (χ1n) is 14.1. The molecule has 0 aromatic heterocycles. The van der Waals surface area contributed by atoms with Crippen molar-refractivity contribution in [1.82, 2.24) is 10.2 Å². The molecule has 2 amide bonds. The third kappa shape index (κ3) is 7.29. The lowest BCUT2D eigenvalue weighted by Gasteiger charge is -2.33. The summed E-state index contributed by atoms with van der Waals surface area (Å²) < 4.78 is 29.3. The highest BCUT2D eigenvalue weighted by Gasteiger charge is 2.34. The van der Waals surface area contributed by atoms with Gasteiger partial charge in [0.15, 0.2) is 0 Å². The molecule has 0 heterocycles. The lowest BCUT2D eigenvalue weighted by atomic mass is 10.1. The molecule has 218 valence electrons. The number of para-hydroxylation sites is 1. The van der Waals surface area contributed by atoms with Crippen LogP contribution < -0.4 is 9.62 Å². The Morgan fingerprint density at radius 3 is 2.20 bits per heavy atom. The van der Waals surface area contributed by atoms with Crippen molar-refractivity contribution in [3.8, 4) is 0 Å². The van der Waals surface area contributed by atoms with E-state index in [-0.39, 0.29) is 23.4 Å². The molecular weight excluding hydrogens is 558 g/mol. The number of carbonyl (C=O) groups excluding carboxylic acids is 2. The van der Waals surface area contributed by atoms with Gasteiger partial charge in [0, 0.05) is 17.6 Å². The van der Waals surface area contributed by atoms with Gasteiger partial charge in [0.05, 0.1) is 10.6 Å². The molecular formula is C32H38ClN3O4S. The Balaban J connectivity index is 1.72. The van der Waals surface area contributed by atoms with Gasteiger partial charge in [-0.3, -0.25) is 13.9 Å². The summed E-state index contributed by atoms with van der Waals surface area (Å²) in [6.45, 7) is 5.09. The number of hydrogen-bond acceptors (Lipinski definition) is 4. The number of sulfonamides is 1. The van der Waals surface area contributed by atoms with Crippen molar-refractivity contribution in [1.29, 1.82) is 0 Å². The number of anilines is 1. The smallest absolute Gasteiger partial charge is 0.264 e. The Bertz CT molecular complexity index is 1470. The molecule has 0 radical (unpaired) electrons. The van der Waals surface area contributed by atoms with Gasteiger partial charge in [-0.25, -0.2) is 8.42 Å². The number of aryl methyl sites for hydroxylation is 2. The van der Waals surface area contributed by atoms with Gasteiger partial charge in [0.2, 0.25) is 11.8 Å². The summed E-state index contributed by atoms with van der Waals surface area (Å²) in [7, 11) is -4.12. The predicted octanol–water partition coefficient (Wildman–Crippen LogP) is 5.88. The van der Waals surface area contributed by atoms with E-state index in [1.54, 1.807) is 61.5 Å². The zero-order chi connectivity index (χ0) is 29.6. The van der Waals surface area contributed by atoms with Gasteiger partial charge in [0.1, 0.15) is 12.6 Å². The molecule has 0 unspecified atom stereocenters. The summed E-state index contributed by atoms with van der Waals surface area (Å²) >= 11 is 6.46. The summed E-state index contributed by atoms with van der Waals surface area (Å²) in [6.07, 6.45) is 4.52. The molecule has 0 spiro atoms. The van der Waals surface area contributed by atoms with Crippen LogP contribution in [0.1, 0.15) is 56.2 Å². The second kappa shape index (κ2) is 13.5. The summed E-state index contributed by atoms with van der Waals surface area (Å²) in [6, 6.07) is 20.1. The van der Waals surface area contributed by atoms with Crippen LogP contribution in [0.3, 0.4) is 0 Å². The van der Waals surface area contributed by atoms with Gasteiger partial charge in [-0.15, -0.1) is 0 Å². The van der Waals surface area contributed by atoms with Crippen molar-refractivity contribution < 1.29 is 18.0 Å². The van der Waals surface area contributed by atoms with Crippen LogP contribution in [0.15, 0.2) is 77.7 Å². The molecule has 1 saturated carbocycles. The molecule has 7 nitrogen and oxygen atoms in total. The largest absolute Gasteiger partial charge is 0.352 e. The number of nitrogens with zero attached hydrogens (tertiary/aromatic N) is 2. The predicted molar refractivity (Wildman–Crippen MR) is 163 cm³/mol. The summed E-state index contributed by atoms with van der Waals surface area (Å²) in [4.78, 5) is 29.0. The number of amides is 2. The maximum atomic E-state index is 14.2. The topological polar surface area (TPSA) is 86.8 Å². The van der Waals surface area contributed by atoms with Gasteiger partial charge >= 0.3 is 0 Å². The normalized spacial score (nSPS) is 14.4. The van der Waals surface area contributed by atoms with E-state index in [0.717, 1.165) is 36.8 Å². The van der Waals surface area contributed by atoms with Crippen molar-refractivity contribution in [3.05, 3.63) is 94.5 Å². The van der Waals surface area contributed by atoms with Crippen molar-refractivity contribution in [2.75, 3.05) is 10.8 Å². The lowest BCUT2D eigenvalue weighted by Crippen LogP contribution is -2.52. The Kier molecular flexibility index (Phi) is 10.1. The van der Waals surface area contributed by atoms with E-state index in [2.05, 4.69) is 5.32 Å². The fourth-order valence-electron chi connectivity index (χ4n) is 5.19. The first kappa shape index (κ1) is 30.6. The number of hydrogen-bond donors (Lipinski definition) is 1. The first-order valence-corrected chi connectivity index (χ1v) is 15.9. The van der Waals surface area contributed by atoms with Crippen LogP contribution in [0.25, 0.3) is 0 Å². The van der Waals surface area contributed by atoms with Crippen LogP contribution in [0.4, 0.5) is 5.69 Å². The highest BCUT2D eigenvalue weighted by molar-refractivity contribution is 7.92. The molecule has 0 bridgehead atoms. The van der Waals surface area contributed by atoms with Crippen LogP contribution in [-0.2, 0) is 32.6 Å². The maximum absolute atomic E-state index is 14.2. The third-order valence-electron chi connectivity index (χ3n) is 7.70.